The Labute approximate surface area is 63.1 Å². The Bertz CT molecular complexity index is 309. The number of nitrogens with one attached hydrogen (secondary N) is 2. The van der Waals surface area contributed by atoms with Gasteiger partial charge in [0.1, 0.15) is 6.07 Å². The maximum absolute atomic E-state index is 10.5. The summed E-state index contributed by atoms with van der Waals surface area (Å²) in [4.78, 5) is 16.8. The van der Waals surface area contributed by atoms with E-state index in [1.54, 1.807) is 0 Å². The van der Waals surface area contributed by atoms with Gasteiger partial charge in [-0.1, -0.05) is 0 Å². The molecular formula is C6H6N4O. The fourth-order valence-corrected chi connectivity index (χ4v) is 0.641. The number of anilines is 1. The normalized spacial score (nSPS) is 8.73. The van der Waals surface area contributed by atoms with Crippen LogP contribution in [-0.2, 0) is 4.79 Å². The Morgan fingerprint density at radius 3 is 3.18 bits per heavy atom. The third kappa shape index (κ3) is 1.55. The largest absolute Gasteiger partial charge is 0.335 e. The van der Waals surface area contributed by atoms with Crippen LogP contribution in [0, 0.1) is 11.3 Å². The van der Waals surface area contributed by atoms with Crippen LogP contribution in [0.4, 0.5) is 5.82 Å². The summed E-state index contributed by atoms with van der Waals surface area (Å²) in [7, 11) is 0. The highest BCUT2D eigenvalue weighted by molar-refractivity contribution is 5.88. The number of rotatable bonds is 1. The number of aromatic amines is 1. The van der Waals surface area contributed by atoms with Crippen molar-refractivity contribution in [3.05, 3.63) is 12.0 Å². The van der Waals surface area contributed by atoms with Crippen molar-refractivity contribution in [2.75, 3.05) is 5.32 Å². The number of H-pyrrole nitrogens is 1. The zero-order valence-corrected chi connectivity index (χ0v) is 5.88. The van der Waals surface area contributed by atoms with Crippen LogP contribution in [0.25, 0.3) is 0 Å². The van der Waals surface area contributed by atoms with E-state index in [9.17, 15) is 4.79 Å². The van der Waals surface area contributed by atoms with E-state index in [1.165, 1.54) is 13.3 Å². The molecule has 5 nitrogen and oxygen atoms in total. The van der Waals surface area contributed by atoms with Gasteiger partial charge in [-0.2, -0.15) is 5.26 Å². The number of hydrogen-bond donors (Lipinski definition) is 2. The molecule has 0 atom stereocenters. The third-order valence-corrected chi connectivity index (χ3v) is 1.05. The van der Waals surface area contributed by atoms with Gasteiger partial charge in [0.15, 0.2) is 11.5 Å². The zero-order valence-electron chi connectivity index (χ0n) is 5.88. The van der Waals surface area contributed by atoms with Crippen LogP contribution in [0.1, 0.15) is 12.6 Å². The molecule has 1 rings (SSSR count). The van der Waals surface area contributed by atoms with Crippen molar-refractivity contribution in [3.8, 4) is 6.07 Å². The van der Waals surface area contributed by atoms with Gasteiger partial charge < -0.3 is 10.3 Å². The van der Waals surface area contributed by atoms with E-state index in [-0.39, 0.29) is 17.4 Å². The van der Waals surface area contributed by atoms with Crippen LogP contribution < -0.4 is 5.32 Å². The lowest BCUT2D eigenvalue weighted by atomic mass is 10.4. The first-order valence-corrected chi connectivity index (χ1v) is 2.95. The first-order valence-electron chi connectivity index (χ1n) is 2.95. The molecule has 0 aliphatic heterocycles. The zero-order chi connectivity index (χ0) is 8.27. The molecule has 0 unspecified atom stereocenters. The molecule has 0 aliphatic carbocycles. The van der Waals surface area contributed by atoms with Crippen LogP contribution in [-0.4, -0.2) is 15.9 Å². The number of amides is 1. The third-order valence-electron chi connectivity index (χ3n) is 1.05. The van der Waals surface area contributed by atoms with Crippen molar-refractivity contribution in [2.45, 2.75) is 6.92 Å². The van der Waals surface area contributed by atoms with E-state index in [4.69, 9.17) is 5.26 Å². The average molecular weight is 150 g/mol. The molecule has 0 aromatic carbocycles. The van der Waals surface area contributed by atoms with Crippen LogP contribution in [0.2, 0.25) is 0 Å². The SMILES string of the molecule is CC(=O)Nc1nc[nH]c1C#N. The van der Waals surface area contributed by atoms with Crippen molar-refractivity contribution in [1.82, 2.24) is 9.97 Å². The molecule has 0 saturated carbocycles. The van der Waals surface area contributed by atoms with Crippen molar-refractivity contribution in [3.63, 3.8) is 0 Å². The van der Waals surface area contributed by atoms with E-state index in [0.717, 1.165) is 0 Å². The average Bonchev–Trinajstić information content (AvgIpc) is 2.34. The highest BCUT2D eigenvalue weighted by atomic mass is 16.1. The second kappa shape index (κ2) is 2.84. The number of nitriles is 1. The summed E-state index contributed by atoms with van der Waals surface area (Å²) in [5.41, 5.74) is 0.264. The maximum Gasteiger partial charge on any atom is 0.222 e. The molecule has 0 aliphatic rings. The first-order chi connectivity index (χ1) is 5.24. The minimum atomic E-state index is -0.242. The summed E-state index contributed by atoms with van der Waals surface area (Å²) in [5, 5.41) is 10.8. The topological polar surface area (TPSA) is 81.6 Å². The van der Waals surface area contributed by atoms with Crippen LogP contribution in [0.5, 0.6) is 0 Å². The highest BCUT2D eigenvalue weighted by Crippen LogP contribution is 2.06. The molecule has 0 saturated heterocycles. The van der Waals surface area contributed by atoms with Gasteiger partial charge in [-0.3, -0.25) is 4.79 Å². The second-order valence-corrected chi connectivity index (χ2v) is 1.92. The van der Waals surface area contributed by atoms with Crippen molar-refractivity contribution < 1.29 is 4.79 Å². The standard InChI is InChI=1S/C6H6N4O/c1-4(11)10-6-5(2-7)8-3-9-6/h3H,1H3,(H,8,9)(H,10,11). The second-order valence-electron chi connectivity index (χ2n) is 1.92. The number of aromatic nitrogens is 2. The van der Waals surface area contributed by atoms with E-state index in [2.05, 4.69) is 15.3 Å². The number of imidazole rings is 1. The molecule has 1 heterocycles. The lowest BCUT2D eigenvalue weighted by Crippen LogP contribution is -2.07. The Morgan fingerprint density at radius 1 is 1.91 bits per heavy atom. The molecule has 0 radical (unpaired) electrons. The first kappa shape index (κ1) is 7.28. The summed E-state index contributed by atoms with van der Waals surface area (Å²) in [6.07, 6.45) is 1.35. The molecule has 11 heavy (non-hydrogen) atoms. The summed E-state index contributed by atoms with van der Waals surface area (Å²) in [6, 6.07) is 1.85. The molecular weight excluding hydrogens is 144 g/mol. The van der Waals surface area contributed by atoms with Crippen molar-refractivity contribution in [2.24, 2.45) is 0 Å². The molecule has 0 fully saturated rings. The molecule has 56 valence electrons. The summed E-state index contributed by atoms with van der Waals surface area (Å²) >= 11 is 0. The van der Waals surface area contributed by atoms with Crippen molar-refractivity contribution in [1.29, 1.82) is 5.26 Å². The van der Waals surface area contributed by atoms with E-state index >= 15 is 0 Å². The Hall–Kier alpha value is -1.83. The summed E-state index contributed by atoms with van der Waals surface area (Å²) in [5.74, 6) is 0.0357. The number of nitrogens with zero attached hydrogens (tertiary/aromatic N) is 2. The quantitative estimate of drug-likeness (QED) is 0.601. The van der Waals surface area contributed by atoms with Crippen LogP contribution in [0.15, 0.2) is 6.33 Å². The minimum Gasteiger partial charge on any atom is -0.335 e. The van der Waals surface area contributed by atoms with E-state index in [1.807, 2.05) is 6.07 Å². The summed E-state index contributed by atoms with van der Waals surface area (Å²) < 4.78 is 0. The van der Waals surface area contributed by atoms with Gasteiger partial charge in [0.05, 0.1) is 6.33 Å². The lowest BCUT2D eigenvalue weighted by Gasteiger charge is -1.94. The van der Waals surface area contributed by atoms with Crippen molar-refractivity contribution >= 4 is 11.7 Å². The molecule has 2 N–H and O–H groups in total. The summed E-state index contributed by atoms with van der Waals surface area (Å²) in [6.45, 7) is 1.36. The van der Waals surface area contributed by atoms with E-state index in [0.29, 0.717) is 0 Å². The van der Waals surface area contributed by atoms with Crippen LogP contribution >= 0.6 is 0 Å². The lowest BCUT2D eigenvalue weighted by molar-refractivity contribution is -0.114. The Morgan fingerprint density at radius 2 is 2.64 bits per heavy atom. The highest BCUT2D eigenvalue weighted by Gasteiger charge is 2.04. The fraction of sp³-hybridized carbons (Fsp3) is 0.167. The van der Waals surface area contributed by atoms with Gasteiger partial charge in [0, 0.05) is 6.92 Å². The molecule has 1 aromatic heterocycles. The smallest absolute Gasteiger partial charge is 0.222 e. The Balaban J connectivity index is 2.87. The molecule has 1 aromatic rings. The number of carbonyl (C=O) groups is 1. The Kier molecular flexibility index (Phi) is 1.88. The molecule has 0 spiro atoms. The van der Waals surface area contributed by atoms with Gasteiger partial charge in [-0.05, 0) is 0 Å². The van der Waals surface area contributed by atoms with Gasteiger partial charge >= 0.3 is 0 Å². The van der Waals surface area contributed by atoms with Gasteiger partial charge in [0.25, 0.3) is 0 Å². The maximum atomic E-state index is 10.5. The molecule has 0 bridgehead atoms. The predicted octanol–water partition coefficient (Wildman–Crippen LogP) is 0.240. The fourth-order valence-electron chi connectivity index (χ4n) is 0.641. The number of carbonyl (C=O) groups excluding carboxylic acids is 1. The molecule has 1 amide bonds. The number of hydrogen-bond acceptors (Lipinski definition) is 3. The predicted molar refractivity (Wildman–Crippen MR) is 37.6 cm³/mol. The van der Waals surface area contributed by atoms with Crippen LogP contribution in [0.3, 0.4) is 0 Å². The van der Waals surface area contributed by atoms with E-state index < -0.39 is 0 Å². The monoisotopic (exact) mass is 150 g/mol. The minimum absolute atomic E-state index is 0.242. The van der Waals surface area contributed by atoms with Gasteiger partial charge in [-0.25, -0.2) is 4.98 Å². The van der Waals surface area contributed by atoms with Gasteiger partial charge in [-0.15, -0.1) is 0 Å². The van der Waals surface area contributed by atoms with Gasteiger partial charge in [0.2, 0.25) is 5.91 Å². The molecule has 5 heteroatoms.